The van der Waals surface area contributed by atoms with Crippen LogP contribution in [0.2, 0.25) is 0 Å². The van der Waals surface area contributed by atoms with Gasteiger partial charge in [-0.1, -0.05) is 23.8 Å². The lowest BCUT2D eigenvalue weighted by Crippen LogP contribution is -2.31. The van der Waals surface area contributed by atoms with Crippen LogP contribution in [-0.2, 0) is 18.9 Å². The van der Waals surface area contributed by atoms with Crippen LogP contribution in [0.15, 0.2) is 23.8 Å². The molecule has 4 fully saturated rings. The molecule has 2 aliphatic heterocycles. The van der Waals surface area contributed by atoms with Crippen LogP contribution in [0.1, 0.15) is 77.6 Å². The minimum atomic E-state index is -0.104. The molecule has 4 rings (SSSR count). The van der Waals surface area contributed by atoms with Gasteiger partial charge < -0.3 is 24.1 Å². The van der Waals surface area contributed by atoms with Crippen molar-refractivity contribution in [2.24, 2.45) is 17.8 Å². The maximum Gasteiger partial charge on any atom is 0.158 e. The van der Waals surface area contributed by atoms with Crippen molar-refractivity contribution in [1.82, 2.24) is 0 Å². The Bertz CT molecular complexity index is 708. The molecule has 1 N–H and O–H groups in total. The summed E-state index contributed by atoms with van der Waals surface area (Å²) in [5.74, 6) is 7.72. The molecule has 0 radical (unpaired) electrons. The number of hydrogen-bond acceptors (Lipinski definition) is 5. The highest BCUT2D eigenvalue weighted by Crippen LogP contribution is 2.51. The molecule has 0 aromatic rings. The van der Waals surface area contributed by atoms with Crippen molar-refractivity contribution in [2.75, 3.05) is 19.8 Å². The second-order valence-corrected chi connectivity index (χ2v) is 9.98. The summed E-state index contributed by atoms with van der Waals surface area (Å²) in [6.07, 6.45) is 18.2. The second kappa shape index (κ2) is 13.1. The number of rotatable bonds is 9. The van der Waals surface area contributed by atoms with Crippen molar-refractivity contribution < 1.29 is 24.1 Å². The molecule has 184 valence electrons. The summed E-state index contributed by atoms with van der Waals surface area (Å²) >= 11 is 0. The summed E-state index contributed by atoms with van der Waals surface area (Å²) in [7, 11) is 0. The van der Waals surface area contributed by atoms with E-state index in [-0.39, 0.29) is 31.4 Å². The van der Waals surface area contributed by atoms with Crippen LogP contribution in [0.4, 0.5) is 0 Å². The molecule has 2 saturated heterocycles. The largest absolute Gasteiger partial charge is 0.392 e. The molecular formula is C28H42O5. The summed E-state index contributed by atoms with van der Waals surface area (Å²) in [6.45, 7) is 3.63. The van der Waals surface area contributed by atoms with Gasteiger partial charge in [0.25, 0.3) is 0 Å². The highest BCUT2D eigenvalue weighted by Gasteiger charge is 2.47. The third-order valence-corrected chi connectivity index (χ3v) is 7.67. The first-order chi connectivity index (χ1) is 16.3. The first-order valence-corrected chi connectivity index (χ1v) is 13.2. The monoisotopic (exact) mass is 458 g/mol. The van der Waals surface area contributed by atoms with E-state index in [9.17, 15) is 5.11 Å². The zero-order chi connectivity index (χ0) is 22.9. The molecule has 5 nitrogen and oxygen atoms in total. The van der Waals surface area contributed by atoms with E-state index >= 15 is 0 Å². The van der Waals surface area contributed by atoms with Crippen LogP contribution in [0.3, 0.4) is 0 Å². The zero-order valence-corrected chi connectivity index (χ0v) is 20.3. The topological polar surface area (TPSA) is 57.2 Å². The Morgan fingerprint density at radius 1 is 1.09 bits per heavy atom. The van der Waals surface area contributed by atoms with Gasteiger partial charge in [0.05, 0.1) is 18.8 Å². The van der Waals surface area contributed by atoms with Gasteiger partial charge in [-0.2, -0.15) is 0 Å². The fourth-order valence-electron chi connectivity index (χ4n) is 6.02. The van der Waals surface area contributed by atoms with Crippen molar-refractivity contribution in [3.63, 3.8) is 0 Å². The zero-order valence-electron chi connectivity index (χ0n) is 20.3. The van der Waals surface area contributed by atoms with Gasteiger partial charge in [-0.25, -0.2) is 0 Å². The highest BCUT2D eigenvalue weighted by molar-refractivity contribution is 5.18. The van der Waals surface area contributed by atoms with Gasteiger partial charge in [-0.15, -0.1) is 11.8 Å². The van der Waals surface area contributed by atoms with E-state index in [0.29, 0.717) is 17.8 Å². The summed E-state index contributed by atoms with van der Waals surface area (Å²) in [5, 5.41) is 9.39. The van der Waals surface area contributed by atoms with Crippen LogP contribution < -0.4 is 0 Å². The van der Waals surface area contributed by atoms with Crippen molar-refractivity contribution in [3.05, 3.63) is 23.8 Å². The molecule has 0 aromatic heterocycles. The van der Waals surface area contributed by atoms with Gasteiger partial charge in [0.15, 0.2) is 12.6 Å². The lowest BCUT2D eigenvalue weighted by Gasteiger charge is -2.30. The SMILES string of the molecule is CC#CCCC(/C=C/[C@@H]1[C@H]2C/C(=C/CO)C[C@H]2C[C@H]1OC1CCCCO1)OC1CCCCO1. The number of aliphatic hydroxyl groups excluding tert-OH is 1. The summed E-state index contributed by atoms with van der Waals surface area (Å²) in [5.41, 5.74) is 1.40. The van der Waals surface area contributed by atoms with Crippen LogP contribution in [0.25, 0.3) is 0 Å². The van der Waals surface area contributed by atoms with Crippen molar-refractivity contribution in [1.29, 1.82) is 0 Å². The van der Waals surface area contributed by atoms with Gasteiger partial charge in [0.1, 0.15) is 0 Å². The van der Waals surface area contributed by atoms with E-state index in [2.05, 4.69) is 24.0 Å². The summed E-state index contributed by atoms with van der Waals surface area (Å²) in [6, 6.07) is 0. The van der Waals surface area contributed by atoms with Crippen LogP contribution in [0, 0.1) is 29.6 Å². The third-order valence-electron chi connectivity index (χ3n) is 7.67. The molecule has 7 atom stereocenters. The number of hydrogen-bond donors (Lipinski definition) is 1. The molecular weight excluding hydrogens is 416 g/mol. The molecule has 3 unspecified atom stereocenters. The van der Waals surface area contributed by atoms with Gasteiger partial charge in [-0.3, -0.25) is 0 Å². The Balaban J connectivity index is 1.45. The van der Waals surface area contributed by atoms with Crippen molar-refractivity contribution >= 4 is 0 Å². The fourth-order valence-corrected chi connectivity index (χ4v) is 6.02. The molecule has 33 heavy (non-hydrogen) atoms. The molecule has 2 heterocycles. The Morgan fingerprint density at radius 3 is 2.58 bits per heavy atom. The van der Waals surface area contributed by atoms with Crippen LogP contribution in [-0.4, -0.2) is 49.7 Å². The maximum absolute atomic E-state index is 9.39. The second-order valence-electron chi connectivity index (χ2n) is 9.98. The van der Waals surface area contributed by atoms with Crippen molar-refractivity contribution in [3.8, 4) is 11.8 Å². The first-order valence-electron chi connectivity index (χ1n) is 13.2. The Labute approximate surface area is 199 Å². The van der Waals surface area contributed by atoms with Gasteiger partial charge in [0, 0.05) is 25.6 Å². The van der Waals surface area contributed by atoms with Gasteiger partial charge in [0.2, 0.25) is 0 Å². The summed E-state index contributed by atoms with van der Waals surface area (Å²) in [4.78, 5) is 0. The predicted molar refractivity (Wildman–Crippen MR) is 128 cm³/mol. The first kappa shape index (κ1) is 24.9. The number of allylic oxidation sites excluding steroid dienone is 1. The molecule has 0 spiro atoms. The minimum Gasteiger partial charge on any atom is -0.392 e. The molecule has 0 amide bonds. The number of aliphatic hydroxyl groups is 1. The fraction of sp³-hybridized carbons (Fsp3) is 0.786. The van der Waals surface area contributed by atoms with E-state index in [0.717, 1.165) is 71.0 Å². The highest BCUT2D eigenvalue weighted by atomic mass is 16.7. The van der Waals surface area contributed by atoms with E-state index < -0.39 is 0 Å². The normalized spacial score (nSPS) is 36.6. The third kappa shape index (κ3) is 7.16. The molecule has 2 saturated carbocycles. The lowest BCUT2D eigenvalue weighted by atomic mass is 9.90. The number of ether oxygens (including phenoxy) is 4. The molecule has 2 aliphatic carbocycles. The van der Waals surface area contributed by atoms with Crippen molar-refractivity contribution in [2.45, 2.75) is 102 Å². The van der Waals surface area contributed by atoms with Crippen LogP contribution in [0.5, 0.6) is 0 Å². The molecule has 4 aliphatic rings. The molecule has 0 aromatic carbocycles. The average molecular weight is 459 g/mol. The smallest absolute Gasteiger partial charge is 0.158 e. The molecule has 0 bridgehead atoms. The minimum absolute atomic E-state index is 0.00781. The van der Waals surface area contributed by atoms with E-state index in [1.54, 1.807) is 0 Å². The quantitative estimate of drug-likeness (QED) is 0.383. The Morgan fingerprint density at radius 2 is 1.88 bits per heavy atom. The number of fused-ring (bicyclic) bond motifs is 1. The van der Waals surface area contributed by atoms with E-state index in [4.69, 9.17) is 18.9 Å². The van der Waals surface area contributed by atoms with E-state index in [1.165, 1.54) is 18.4 Å². The maximum atomic E-state index is 9.39. The van der Waals surface area contributed by atoms with Gasteiger partial charge in [-0.05, 0) is 83.0 Å². The predicted octanol–water partition coefficient (Wildman–Crippen LogP) is 5.13. The summed E-state index contributed by atoms with van der Waals surface area (Å²) < 4.78 is 24.7. The molecule has 5 heteroatoms. The van der Waals surface area contributed by atoms with Gasteiger partial charge >= 0.3 is 0 Å². The average Bonchev–Trinajstić information content (AvgIpc) is 3.36. The lowest BCUT2D eigenvalue weighted by molar-refractivity contribution is -0.193. The van der Waals surface area contributed by atoms with E-state index in [1.807, 2.05) is 13.0 Å². The Hall–Kier alpha value is -1.16. The van der Waals surface area contributed by atoms with Crippen LogP contribution >= 0.6 is 0 Å². The standard InChI is InChI=1S/C28H42O5/c1-2-3-4-9-23(32-27-10-5-7-16-30-27)12-13-24-25-19-21(14-15-29)18-22(25)20-26(24)33-28-11-6-8-17-31-28/h12-14,22-29H,4-11,15-20H2,1H3/b13-12+,21-14+/t22-,23?,24+,25-,26+,27?,28?/m0/s1. The Kier molecular flexibility index (Phi) is 9.88.